The standard InChI is InChI=1S/C13H12ClF2NO/c1-2-17-12(10-5-6-18-13(10)14)9-4-3-8(15)7-11(9)16/h3-7,12,17H,2H2,1H3. The molecule has 1 aromatic heterocycles. The molecule has 0 saturated heterocycles. The minimum absolute atomic E-state index is 0.199. The monoisotopic (exact) mass is 271 g/mol. The molecule has 0 radical (unpaired) electrons. The number of nitrogens with one attached hydrogen (secondary N) is 1. The minimum Gasteiger partial charge on any atom is -0.453 e. The van der Waals surface area contributed by atoms with Crippen molar-refractivity contribution in [2.45, 2.75) is 13.0 Å². The van der Waals surface area contributed by atoms with Gasteiger partial charge in [0.25, 0.3) is 0 Å². The first-order chi connectivity index (χ1) is 8.63. The predicted octanol–water partition coefficient (Wildman–Crippen LogP) is 3.91. The van der Waals surface area contributed by atoms with Crippen LogP contribution in [0.15, 0.2) is 34.9 Å². The van der Waals surface area contributed by atoms with Crippen molar-refractivity contribution in [1.82, 2.24) is 5.32 Å². The second-order valence-electron chi connectivity index (χ2n) is 3.81. The zero-order valence-corrected chi connectivity index (χ0v) is 10.5. The van der Waals surface area contributed by atoms with E-state index in [1.54, 1.807) is 6.07 Å². The number of halogens is 3. The van der Waals surface area contributed by atoms with Gasteiger partial charge < -0.3 is 9.73 Å². The Kier molecular flexibility index (Phi) is 3.99. The summed E-state index contributed by atoms with van der Waals surface area (Å²) in [5, 5.41) is 3.29. The van der Waals surface area contributed by atoms with Crippen LogP contribution in [0.25, 0.3) is 0 Å². The van der Waals surface area contributed by atoms with Gasteiger partial charge in [-0.15, -0.1) is 0 Å². The fraction of sp³-hybridized carbons (Fsp3) is 0.231. The van der Waals surface area contributed by atoms with Gasteiger partial charge in [-0.05, 0) is 30.3 Å². The summed E-state index contributed by atoms with van der Waals surface area (Å²) in [6, 6.07) is 4.69. The lowest BCUT2D eigenvalue weighted by molar-refractivity contribution is 0.530. The van der Waals surface area contributed by atoms with E-state index in [4.69, 9.17) is 16.0 Å². The first-order valence-corrected chi connectivity index (χ1v) is 5.92. The van der Waals surface area contributed by atoms with Crippen LogP contribution in [0.4, 0.5) is 8.78 Å². The molecule has 96 valence electrons. The van der Waals surface area contributed by atoms with E-state index >= 15 is 0 Å². The highest BCUT2D eigenvalue weighted by molar-refractivity contribution is 6.29. The molecule has 0 aliphatic carbocycles. The molecule has 1 atom stereocenters. The van der Waals surface area contributed by atoms with Gasteiger partial charge in [0.1, 0.15) is 11.6 Å². The van der Waals surface area contributed by atoms with Crippen molar-refractivity contribution >= 4 is 11.6 Å². The molecule has 2 rings (SSSR count). The van der Waals surface area contributed by atoms with Gasteiger partial charge in [0, 0.05) is 17.2 Å². The molecule has 5 heteroatoms. The maximum atomic E-state index is 13.8. The van der Waals surface area contributed by atoms with Gasteiger partial charge in [0.2, 0.25) is 0 Å². The summed E-state index contributed by atoms with van der Waals surface area (Å²) in [6.45, 7) is 2.51. The molecular formula is C13H12ClF2NO. The van der Waals surface area contributed by atoms with Crippen LogP contribution in [-0.4, -0.2) is 6.54 Å². The second kappa shape index (κ2) is 5.50. The molecule has 0 saturated carbocycles. The molecule has 18 heavy (non-hydrogen) atoms. The molecule has 2 nitrogen and oxygen atoms in total. The zero-order valence-electron chi connectivity index (χ0n) is 9.71. The minimum atomic E-state index is -0.613. The summed E-state index contributed by atoms with van der Waals surface area (Å²) in [5.74, 6) is -1.22. The smallest absolute Gasteiger partial charge is 0.198 e. The maximum absolute atomic E-state index is 13.8. The van der Waals surface area contributed by atoms with Crippen LogP contribution in [0, 0.1) is 11.6 Å². The summed E-state index contributed by atoms with van der Waals surface area (Å²) in [7, 11) is 0. The lowest BCUT2D eigenvalue weighted by atomic mass is 10.0. The van der Waals surface area contributed by atoms with Crippen LogP contribution in [0.2, 0.25) is 5.22 Å². The van der Waals surface area contributed by atoms with Gasteiger partial charge in [-0.1, -0.05) is 13.0 Å². The van der Waals surface area contributed by atoms with Crippen molar-refractivity contribution < 1.29 is 13.2 Å². The molecule has 1 heterocycles. The lowest BCUT2D eigenvalue weighted by Gasteiger charge is -2.18. The van der Waals surface area contributed by atoms with Gasteiger partial charge in [-0.3, -0.25) is 0 Å². The zero-order chi connectivity index (χ0) is 13.1. The van der Waals surface area contributed by atoms with E-state index in [0.29, 0.717) is 17.7 Å². The summed E-state index contributed by atoms with van der Waals surface area (Å²) < 4.78 is 31.7. The molecule has 2 aromatic rings. The number of benzene rings is 1. The van der Waals surface area contributed by atoms with Gasteiger partial charge in [-0.2, -0.15) is 0 Å². The fourth-order valence-corrected chi connectivity index (χ4v) is 2.06. The first-order valence-electron chi connectivity index (χ1n) is 5.54. The highest BCUT2D eigenvalue weighted by Crippen LogP contribution is 2.30. The van der Waals surface area contributed by atoms with Crippen molar-refractivity contribution in [3.05, 3.63) is 58.5 Å². The van der Waals surface area contributed by atoms with Crippen molar-refractivity contribution in [2.75, 3.05) is 6.54 Å². The Balaban J connectivity index is 2.45. The average molecular weight is 272 g/mol. The Morgan fingerprint density at radius 3 is 2.61 bits per heavy atom. The molecule has 0 bridgehead atoms. The lowest BCUT2D eigenvalue weighted by Crippen LogP contribution is -2.22. The van der Waals surface area contributed by atoms with Crippen LogP contribution in [0.1, 0.15) is 24.1 Å². The highest BCUT2D eigenvalue weighted by atomic mass is 35.5. The number of hydrogen-bond donors (Lipinski definition) is 1. The van der Waals surface area contributed by atoms with E-state index in [0.717, 1.165) is 6.07 Å². The van der Waals surface area contributed by atoms with Crippen LogP contribution in [0.5, 0.6) is 0 Å². The molecule has 1 unspecified atom stereocenters. The van der Waals surface area contributed by atoms with Crippen molar-refractivity contribution in [1.29, 1.82) is 0 Å². The van der Waals surface area contributed by atoms with Crippen LogP contribution in [-0.2, 0) is 0 Å². The van der Waals surface area contributed by atoms with Crippen molar-refractivity contribution in [3.63, 3.8) is 0 Å². The first kappa shape index (κ1) is 13.1. The summed E-state index contributed by atoms with van der Waals surface area (Å²) in [6.07, 6.45) is 1.43. The third kappa shape index (κ3) is 2.54. The quantitative estimate of drug-likeness (QED) is 0.912. The Labute approximate surface area is 109 Å². The van der Waals surface area contributed by atoms with E-state index < -0.39 is 17.7 Å². The molecule has 0 aliphatic heterocycles. The summed E-state index contributed by atoms with van der Waals surface area (Å²) in [4.78, 5) is 0. The van der Waals surface area contributed by atoms with E-state index in [9.17, 15) is 8.78 Å². The Hall–Kier alpha value is -1.39. The number of furan rings is 1. The van der Waals surface area contributed by atoms with E-state index in [1.165, 1.54) is 18.4 Å². The molecule has 1 N–H and O–H groups in total. The van der Waals surface area contributed by atoms with Crippen LogP contribution in [0.3, 0.4) is 0 Å². The third-order valence-corrected chi connectivity index (χ3v) is 2.95. The van der Waals surface area contributed by atoms with Gasteiger partial charge in [-0.25, -0.2) is 8.78 Å². The van der Waals surface area contributed by atoms with E-state index in [1.807, 2.05) is 6.92 Å². The van der Waals surface area contributed by atoms with E-state index in [-0.39, 0.29) is 5.22 Å². The normalized spacial score (nSPS) is 12.7. The van der Waals surface area contributed by atoms with E-state index in [2.05, 4.69) is 5.32 Å². The topological polar surface area (TPSA) is 25.2 Å². The average Bonchev–Trinajstić information content (AvgIpc) is 2.73. The SMILES string of the molecule is CCNC(c1ccc(F)cc1F)c1ccoc1Cl. The van der Waals surface area contributed by atoms with Gasteiger partial charge in [0.15, 0.2) is 5.22 Å². The second-order valence-corrected chi connectivity index (χ2v) is 4.15. The maximum Gasteiger partial charge on any atom is 0.198 e. The van der Waals surface area contributed by atoms with Gasteiger partial charge >= 0.3 is 0 Å². The predicted molar refractivity (Wildman–Crippen MR) is 65.6 cm³/mol. The summed E-state index contributed by atoms with van der Waals surface area (Å²) in [5.41, 5.74) is 0.963. The largest absolute Gasteiger partial charge is 0.453 e. The molecule has 1 aromatic carbocycles. The summed E-state index contributed by atoms with van der Waals surface area (Å²) >= 11 is 5.90. The molecular weight excluding hydrogens is 260 g/mol. The number of rotatable bonds is 4. The highest BCUT2D eigenvalue weighted by Gasteiger charge is 2.21. The Morgan fingerprint density at radius 1 is 1.28 bits per heavy atom. The molecule has 0 spiro atoms. The Bertz CT molecular complexity index is 542. The molecule has 0 aliphatic rings. The number of hydrogen-bond acceptors (Lipinski definition) is 2. The fourth-order valence-electron chi connectivity index (χ4n) is 1.84. The molecule has 0 amide bonds. The third-order valence-electron chi connectivity index (χ3n) is 2.64. The Morgan fingerprint density at radius 2 is 2.06 bits per heavy atom. The van der Waals surface area contributed by atoms with Crippen molar-refractivity contribution in [2.24, 2.45) is 0 Å². The van der Waals surface area contributed by atoms with Crippen LogP contribution >= 0.6 is 11.6 Å². The van der Waals surface area contributed by atoms with Crippen LogP contribution < -0.4 is 5.32 Å². The van der Waals surface area contributed by atoms with Gasteiger partial charge in [0.05, 0.1) is 12.3 Å². The van der Waals surface area contributed by atoms with Crippen molar-refractivity contribution in [3.8, 4) is 0 Å². The molecule has 0 fully saturated rings.